The first-order valence-electron chi connectivity index (χ1n) is 7.21. The number of carbonyl (C=O) groups excluding carboxylic acids is 1. The van der Waals surface area contributed by atoms with Gasteiger partial charge in [-0.3, -0.25) is 14.0 Å². The fourth-order valence-electron chi connectivity index (χ4n) is 2.48. The van der Waals surface area contributed by atoms with Gasteiger partial charge in [0.2, 0.25) is 0 Å². The van der Waals surface area contributed by atoms with Crippen molar-refractivity contribution in [1.82, 2.24) is 9.38 Å². The van der Waals surface area contributed by atoms with Gasteiger partial charge in [0.25, 0.3) is 11.5 Å². The lowest BCUT2D eigenvalue weighted by Gasteiger charge is -2.06. The van der Waals surface area contributed by atoms with Crippen LogP contribution >= 0.6 is 11.3 Å². The highest BCUT2D eigenvalue weighted by molar-refractivity contribution is 7.18. The molecule has 0 atom stereocenters. The zero-order valence-electron chi connectivity index (χ0n) is 12.5. The number of anilines is 1. The number of benzene rings is 2. The number of nitrogens with zero attached hydrogens (tertiary/aromatic N) is 2. The van der Waals surface area contributed by atoms with Crippen LogP contribution < -0.4 is 10.9 Å². The second-order valence-electron chi connectivity index (χ2n) is 5.25. The number of rotatable bonds is 2. The van der Waals surface area contributed by atoms with Crippen LogP contribution in [-0.2, 0) is 0 Å². The first-order valence-corrected chi connectivity index (χ1v) is 8.02. The first kappa shape index (κ1) is 15.4. The molecule has 0 aliphatic carbocycles. The molecule has 0 aliphatic rings. The standard InChI is InChI=1S/C17H9F2N3O2S/c18-9-5-6-10(19)12(7-9)20-16(24)14-8-15(23)22-13-4-2-1-3-11(13)21-17(22)25-14/h1-8H,(H,20,24). The number of imidazole rings is 1. The Morgan fingerprint density at radius 1 is 1.12 bits per heavy atom. The second kappa shape index (κ2) is 5.75. The van der Waals surface area contributed by atoms with Crippen LogP contribution in [0.2, 0.25) is 0 Å². The van der Waals surface area contributed by atoms with Crippen molar-refractivity contribution < 1.29 is 13.6 Å². The number of para-hydroxylation sites is 2. The van der Waals surface area contributed by atoms with E-state index in [0.717, 1.165) is 35.6 Å². The van der Waals surface area contributed by atoms with Crippen molar-refractivity contribution in [3.8, 4) is 0 Å². The largest absolute Gasteiger partial charge is 0.319 e. The predicted octanol–water partition coefficient (Wildman–Crippen LogP) is 3.44. The molecular weight excluding hydrogens is 348 g/mol. The Labute approximate surface area is 143 Å². The van der Waals surface area contributed by atoms with E-state index in [-0.39, 0.29) is 10.6 Å². The van der Waals surface area contributed by atoms with Gasteiger partial charge in [-0.2, -0.15) is 0 Å². The van der Waals surface area contributed by atoms with Crippen LogP contribution in [0, 0.1) is 11.6 Å². The van der Waals surface area contributed by atoms with Crippen LogP contribution in [0.15, 0.2) is 53.3 Å². The summed E-state index contributed by atoms with van der Waals surface area (Å²) in [6.07, 6.45) is 0. The van der Waals surface area contributed by atoms with E-state index < -0.39 is 23.1 Å². The maximum Gasteiger partial charge on any atom is 0.266 e. The van der Waals surface area contributed by atoms with E-state index >= 15 is 0 Å². The zero-order valence-corrected chi connectivity index (χ0v) is 13.3. The van der Waals surface area contributed by atoms with E-state index in [0.29, 0.717) is 16.0 Å². The monoisotopic (exact) mass is 357 g/mol. The molecule has 8 heteroatoms. The van der Waals surface area contributed by atoms with E-state index in [4.69, 9.17) is 0 Å². The summed E-state index contributed by atoms with van der Waals surface area (Å²) >= 11 is 0.988. The number of hydrogen-bond acceptors (Lipinski definition) is 4. The molecule has 2 aromatic heterocycles. The zero-order chi connectivity index (χ0) is 17.6. The molecule has 1 amide bonds. The van der Waals surface area contributed by atoms with E-state index in [1.807, 2.05) is 0 Å². The topological polar surface area (TPSA) is 63.5 Å². The summed E-state index contributed by atoms with van der Waals surface area (Å²) in [4.78, 5) is 29.4. The van der Waals surface area contributed by atoms with Crippen LogP contribution in [0.4, 0.5) is 14.5 Å². The quantitative estimate of drug-likeness (QED) is 0.598. The highest BCUT2D eigenvalue weighted by Gasteiger charge is 2.15. The fourth-order valence-corrected chi connectivity index (χ4v) is 3.40. The molecule has 5 nitrogen and oxygen atoms in total. The number of hydrogen-bond donors (Lipinski definition) is 1. The van der Waals surface area contributed by atoms with Gasteiger partial charge in [0.1, 0.15) is 16.5 Å². The highest BCUT2D eigenvalue weighted by atomic mass is 32.1. The summed E-state index contributed by atoms with van der Waals surface area (Å²) < 4.78 is 28.3. The Hall–Kier alpha value is -3.13. The number of nitrogens with one attached hydrogen (secondary N) is 1. The van der Waals surface area contributed by atoms with Gasteiger partial charge in [-0.05, 0) is 24.3 Å². The Balaban J connectivity index is 1.79. The van der Waals surface area contributed by atoms with Crippen LogP contribution in [-0.4, -0.2) is 15.3 Å². The summed E-state index contributed by atoms with van der Waals surface area (Å²) in [7, 11) is 0. The maximum absolute atomic E-state index is 13.7. The smallest absolute Gasteiger partial charge is 0.266 e. The number of amides is 1. The van der Waals surface area contributed by atoms with Gasteiger partial charge in [0.05, 0.1) is 16.7 Å². The van der Waals surface area contributed by atoms with Gasteiger partial charge in [-0.1, -0.05) is 23.5 Å². The molecule has 4 rings (SSSR count). The minimum Gasteiger partial charge on any atom is -0.319 e. The fraction of sp³-hybridized carbons (Fsp3) is 0. The van der Waals surface area contributed by atoms with Crippen molar-refractivity contribution in [2.75, 3.05) is 5.32 Å². The van der Waals surface area contributed by atoms with Crippen LogP contribution in [0.1, 0.15) is 9.67 Å². The van der Waals surface area contributed by atoms with Gasteiger partial charge in [-0.15, -0.1) is 0 Å². The Morgan fingerprint density at radius 3 is 2.76 bits per heavy atom. The molecular formula is C17H9F2N3O2S. The number of halogens is 2. The van der Waals surface area contributed by atoms with Gasteiger partial charge in [-0.25, -0.2) is 13.8 Å². The van der Waals surface area contributed by atoms with Crippen LogP contribution in [0.25, 0.3) is 16.0 Å². The number of carbonyl (C=O) groups is 1. The van der Waals surface area contributed by atoms with E-state index in [1.165, 1.54) is 4.40 Å². The van der Waals surface area contributed by atoms with E-state index in [9.17, 15) is 18.4 Å². The Morgan fingerprint density at radius 2 is 1.92 bits per heavy atom. The molecule has 0 saturated carbocycles. The molecule has 0 saturated heterocycles. The van der Waals surface area contributed by atoms with Crippen molar-refractivity contribution in [1.29, 1.82) is 0 Å². The lowest BCUT2D eigenvalue weighted by Crippen LogP contribution is -2.17. The predicted molar refractivity (Wildman–Crippen MR) is 91.2 cm³/mol. The van der Waals surface area contributed by atoms with Gasteiger partial charge < -0.3 is 5.32 Å². The van der Waals surface area contributed by atoms with Crippen molar-refractivity contribution in [3.63, 3.8) is 0 Å². The third kappa shape index (κ3) is 2.66. The summed E-state index contributed by atoms with van der Waals surface area (Å²) in [6.45, 7) is 0. The number of aromatic nitrogens is 2. The van der Waals surface area contributed by atoms with Crippen molar-refractivity contribution in [3.05, 3.63) is 75.4 Å². The van der Waals surface area contributed by atoms with Crippen molar-refractivity contribution >= 4 is 38.9 Å². The van der Waals surface area contributed by atoms with Crippen molar-refractivity contribution in [2.45, 2.75) is 0 Å². The highest BCUT2D eigenvalue weighted by Crippen LogP contribution is 2.21. The first-order chi connectivity index (χ1) is 12.0. The molecule has 0 bridgehead atoms. The van der Waals surface area contributed by atoms with Gasteiger partial charge >= 0.3 is 0 Å². The van der Waals surface area contributed by atoms with Crippen LogP contribution in [0.5, 0.6) is 0 Å². The molecule has 1 N–H and O–H groups in total. The normalized spacial score (nSPS) is 11.1. The molecule has 0 aliphatic heterocycles. The molecule has 0 radical (unpaired) electrons. The van der Waals surface area contributed by atoms with Gasteiger partial charge in [0, 0.05) is 12.1 Å². The minimum atomic E-state index is -0.769. The molecule has 4 aromatic rings. The molecule has 124 valence electrons. The average Bonchev–Trinajstić information content (AvgIpc) is 2.97. The molecule has 0 spiro atoms. The summed E-state index contributed by atoms with van der Waals surface area (Å²) in [5.74, 6) is -2.16. The summed E-state index contributed by atoms with van der Waals surface area (Å²) in [5, 5.41) is 2.27. The second-order valence-corrected chi connectivity index (χ2v) is 6.25. The molecule has 0 unspecified atom stereocenters. The molecule has 2 heterocycles. The van der Waals surface area contributed by atoms with E-state index in [2.05, 4.69) is 10.3 Å². The SMILES string of the molecule is O=C(Nc1cc(F)ccc1F)c1cc(=O)n2c(nc3ccccc32)s1. The Bertz CT molecular complexity index is 1200. The minimum absolute atomic E-state index is 0.0523. The van der Waals surface area contributed by atoms with Crippen LogP contribution in [0.3, 0.4) is 0 Å². The van der Waals surface area contributed by atoms with Crippen molar-refractivity contribution in [2.24, 2.45) is 0 Å². The van der Waals surface area contributed by atoms with E-state index in [1.54, 1.807) is 24.3 Å². The number of fused-ring (bicyclic) bond motifs is 3. The summed E-state index contributed by atoms with van der Waals surface area (Å²) in [5.41, 5.74) is 0.553. The average molecular weight is 357 g/mol. The van der Waals surface area contributed by atoms with Gasteiger partial charge in [0.15, 0.2) is 4.96 Å². The lowest BCUT2D eigenvalue weighted by molar-refractivity contribution is 0.102. The Kier molecular flexibility index (Phi) is 3.54. The molecule has 25 heavy (non-hydrogen) atoms. The lowest BCUT2D eigenvalue weighted by atomic mass is 10.3. The third-order valence-electron chi connectivity index (χ3n) is 3.61. The third-order valence-corrected chi connectivity index (χ3v) is 4.59. The molecule has 0 fully saturated rings. The molecule has 2 aromatic carbocycles. The summed E-state index contributed by atoms with van der Waals surface area (Å²) in [6, 6.07) is 11.0. The maximum atomic E-state index is 13.7.